The number of rotatable bonds is 2. The standard InChI is InChI=1S/C13H10Br2FN3O/c14-7-5-10(15)12(11(17)6-7)19-13(20)18-9-3-1-8(16)2-4-9/h1-6H,17H2,(H2,18,19,20). The van der Waals surface area contributed by atoms with Gasteiger partial charge in [0.2, 0.25) is 0 Å². The topological polar surface area (TPSA) is 67.1 Å². The lowest BCUT2D eigenvalue weighted by atomic mass is 10.2. The fourth-order valence-corrected chi connectivity index (χ4v) is 2.89. The van der Waals surface area contributed by atoms with Gasteiger partial charge in [-0.05, 0) is 52.3 Å². The van der Waals surface area contributed by atoms with Crippen LogP contribution < -0.4 is 16.4 Å². The molecule has 0 aliphatic carbocycles. The lowest BCUT2D eigenvalue weighted by Gasteiger charge is -2.12. The van der Waals surface area contributed by atoms with E-state index in [1.165, 1.54) is 24.3 Å². The number of amides is 2. The number of nitrogen functional groups attached to an aromatic ring is 1. The SMILES string of the molecule is Nc1cc(Br)cc(Br)c1NC(=O)Nc1ccc(F)cc1. The Morgan fingerprint density at radius 2 is 1.75 bits per heavy atom. The van der Waals surface area contributed by atoms with Gasteiger partial charge in [0.05, 0.1) is 11.4 Å². The van der Waals surface area contributed by atoms with Crippen LogP contribution in [0.15, 0.2) is 45.3 Å². The molecule has 0 radical (unpaired) electrons. The summed E-state index contributed by atoms with van der Waals surface area (Å²) in [4.78, 5) is 11.9. The Hall–Kier alpha value is -1.60. The summed E-state index contributed by atoms with van der Waals surface area (Å²) in [6.45, 7) is 0. The van der Waals surface area contributed by atoms with Crippen molar-refractivity contribution < 1.29 is 9.18 Å². The second-order valence-electron chi connectivity index (χ2n) is 3.94. The van der Waals surface area contributed by atoms with E-state index in [0.717, 1.165) is 4.47 Å². The Labute approximate surface area is 131 Å². The van der Waals surface area contributed by atoms with Gasteiger partial charge in [0, 0.05) is 14.6 Å². The lowest BCUT2D eigenvalue weighted by molar-refractivity contribution is 0.262. The maximum absolute atomic E-state index is 12.8. The number of urea groups is 1. The lowest BCUT2D eigenvalue weighted by Crippen LogP contribution is -2.20. The number of carbonyl (C=O) groups is 1. The molecule has 0 aromatic heterocycles. The van der Waals surface area contributed by atoms with E-state index in [9.17, 15) is 9.18 Å². The number of carbonyl (C=O) groups excluding carboxylic acids is 1. The highest BCUT2D eigenvalue weighted by molar-refractivity contribution is 9.11. The second-order valence-corrected chi connectivity index (χ2v) is 5.71. The maximum Gasteiger partial charge on any atom is 0.323 e. The van der Waals surface area contributed by atoms with Crippen LogP contribution in [-0.4, -0.2) is 6.03 Å². The zero-order valence-corrected chi connectivity index (χ0v) is 13.3. The molecule has 20 heavy (non-hydrogen) atoms. The van der Waals surface area contributed by atoms with E-state index in [0.29, 0.717) is 21.5 Å². The third-order valence-electron chi connectivity index (χ3n) is 2.43. The monoisotopic (exact) mass is 401 g/mol. The summed E-state index contributed by atoms with van der Waals surface area (Å²) >= 11 is 6.62. The fraction of sp³-hybridized carbons (Fsp3) is 0. The van der Waals surface area contributed by atoms with Gasteiger partial charge in [-0.15, -0.1) is 0 Å². The summed E-state index contributed by atoms with van der Waals surface area (Å²) < 4.78 is 14.2. The van der Waals surface area contributed by atoms with E-state index >= 15 is 0 Å². The van der Waals surface area contributed by atoms with Crippen LogP contribution in [0, 0.1) is 5.82 Å². The van der Waals surface area contributed by atoms with E-state index in [2.05, 4.69) is 42.5 Å². The quantitative estimate of drug-likeness (QED) is 0.643. The van der Waals surface area contributed by atoms with Crippen molar-refractivity contribution in [2.45, 2.75) is 0 Å². The molecule has 0 atom stereocenters. The average molecular weight is 403 g/mol. The smallest absolute Gasteiger partial charge is 0.323 e. The molecule has 0 spiro atoms. The van der Waals surface area contributed by atoms with E-state index in [1.54, 1.807) is 12.1 Å². The summed E-state index contributed by atoms with van der Waals surface area (Å²) in [5.41, 5.74) is 7.20. The van der Waals surface area contributed by atoms with Crippen LogP contribution in [0.25, 0.3) is 0 Å². The van der Waals surface area contributed by atoms with E-state index < -0.39 is 6.03 Å². The minimum atomic E-state index is -0.466. The van der Waals surface area contributed by atoms with Crippen molar-refractivity contribution in [3.05, 3.63) is 51.2 Å². The van der Waals surface area contributed by atoms with Crippen LogP contribution in [-0.2, 0) is 0 Å². The zero-order valence-electron chi connectivity index (χ0n) is 10.1. The van der Waals surface area contributed by atoms with Crippen molar-refractivity contribution in [1.82, 2.24) is 0 Å². The van der Waals surface area contributed by atoms with Crippen LogP contribution in [0.5, 0.6) is 0 Å². The number of hydrogen-bond donors (Lipinski definition) is 3. The van der Waals surface area contributed by atoms with Crippen LogP contribution in [0.4, 0.5) is 26.2 Å². The zero-order chi connectivity index (χ0) is 14.7. The molecule has 0 saturated heterocycles. The molecule has 2 rings (SSSR count). The third kappa shape index (κ3) is 3.71. The first-order valence-corrected chi connectivity index (χ1v) is 7.12. The highest BCUT2D eigenvalue weighted by Gasteiger charge is 2.10. The Balaban J connectivity index is 2.10. The molecule has 104 valence electrons. The Kier molecular flexibility index (Phi) is 4.61. The van der Waals surface area contributed by atoms with Gasteiger partial charge in [-0.1, -0.05) is 15.9 Å². The first kappa shape index (κ1) is 14.8. The number of nitrogens with one attached hydrogen (secondary N) is 2. The molecule has 0 heterocycles. The van der Waals surface area contributed by atoms with Crippen molar-refractivity contribution >= 4 is 55.0 Å². The Bertz CT molecular complexity index is 624. The molecule has 0 aliphatic rings. The van der Waals surface area contributed by atoms with Gasteiger partial charge in [0.1, 0.15) is 5.82 Å². The summed E-state index contributed by atoms with van der Waals surface area (Å²) in [5.74, 6) is -0.365. The van der Waals surface area contributed by atoms with Gasteiger partial charge in [-0.25, -0.2) is 9.18 Å². The number of hydrogen-bond acceptors (Lipinski definition) is 2. The molecule has 0 aliphatic heterocycles. The van der Waals surface area contributed by atoms with Crippen molar-refractivity contribution in [3.63, 3.8) is 0 Å². The summed E-state index contributed by atoms with van der Waals surface area (Å²) in [5, 5.41) is 5.21. The first-order valence-electron chi connectivity index (χ1n) is 5.54. The molecule has 2 amide bonds. The molecule has 4 nitrogen and oxygen atoms in total. The molecule has 0 saturated carbocycles. The predicted molar refractivity (Wildman–Crippen MR) is 85.3 cm³/mol. The summed E-state index contributed by atoms with van der Waals surface area (Å²) in [6.07, 6.45) is 0. The second kappa shape index (κ2) is 6.23. The molecule has 7 heteroatoms. The number of nitrogens with two attached hydrogens (primary N) is 1. The fourth-order valence-electron chi connectivity index (χ4n) is 1.53. The van der Waals surface area contributed by atoms with Crippen molar-refractivity contribution in [1.29, 1.82) is 0 Å². The largest absolute Gasteiger partial charge is 0.397 e. The van der Waals surface area contributed by atoms with Gasteiger partial charge in [0.25, 0.3) is 0 Å². The molecule has 0 fully saturated rings. The van der Waals surface area contributed by atoms with E-state index in [1.807, 2.05) is 0 Å². The highest BCUT2D eigenvalue weighted by atomic mass is 79.9. The number of anilines is 3. The van der Waals surface area contributed by atoms with Crippen LogP contribution in [0.2, 0.25) is 0 Å². The van der Waals surface area contributed by atoms with Crippen LogP contribution in [0.3, 0.4) is 0 Å². The van der Waals surface area contributed by atoms with Gasteiger partial charge >= 0.3 is 6.03 Å². The van der Waals surface area contributed by atoms with E-state index in [-0.39, 0.29) is 5.82 Å². The normalized spacial score (nSPS) is 10.2. The predicted octanol–water partition coefficient (Wildman–Crippen LogP) is 4.58. The Morgan fingerprint density at radius 3 is 2.35 bits per heavy atom. The molecule has 4 N–H and O–H groups in total. The van der Waals surface area contributed by atoms with Crippen LogP contribution >= 0.6 is 31.9 Å². The molecule has 2 aromatic carbocycles. The number of benzene rings is 2. The Morgan fingerprint density at radius 1 is 1.10 bits per heavy atom. The molecular formula is C13H10Br2FN3O. The molecular weight excluding hydrogens is 393 g/mol. The van der Waals surface area contributed by atoms with E-state index in [4.69, 9.17) is 5.73 Å². The molecule has 2 aromatic rings. The van der Waals surface area contributed by atoms with Crippen molar-refractivity contribution in [3.8, 4) is 0 Å². The van der Waals surface area contributed by atoms with Gasteiger partial charge in [-0.2, -0.15) is 0 Å². The van der Waals surface area contributed by atoms with Gasteiger partial charge in [-0.3, -0.25) is 0 Å². The first-order chi connectivity index (χ1) is 9.45. The maximum atomic E-state index is 12.8. The van der Waals surface area contributed by atoms with Gasteiger partial charge < -0.3 is 16.4 Å². The minimum Gasteiger partial charge on any atom is -0.397 e. The number of halogens is 3. The highest BCUT2D eigenvalue weighted by Crippen LogP contribution is 2.32. The molecule has 0 bridgehead atoms. The van der Waals surface area contributed by atoms with Crippen LogP contribution in [0.1, 0.15) is 0 Å². The molecule has 0 unspecified atom stereocenters. The summed E-state index contributed by atoms with van der Waals surface area (Å²) in [7, 11) is 0. The van der Waals surface area contributed by atoms with Gasteiger partial charge in [0.15, 0.2) is 0 Å². The van der Waals surface area contributed by atoms with Crippen molar-refractivity contribution in [2.24, 2.45) is 0 Å². The third-order valence-corrected chi connectivity index (χ3v) is 3.51. The summed E-state index contributed by atoms with van der Waals surface area (Å²) in [6, 6.07) is 8.44. The van der Waals surface area contributed by atoms with Crippen molar-refractivity contribution in [2.75, 3.05) is 16.4 Å². The minimum absolute atomic E-state index is 0.365. The average Bonchev–Trinajstić information content (AvgIpc) is 2.36.